The van der Waals surface area contributed by atoms with Gasteiger partial charge in [0.1, 0.15) is 0 Å². The summed E-state index contributed by atoms with van der Waals surface area (Å²) in [7, 11) is 0. The predicted molar refractivity (Wildman–Crippen MR) is 67.7 cm³/mol. The van der Waals surface area contributed by atoms with Crippen LogP contribution >= 0.6 is 0 Å². The lowest BCUT2D eigenvalue weighted by Crippen LogP contribution is -2.47. The zero-order valence-electron chi connectivity index (χ0n) is 10.9. The van der Waals surface area contributed by atoms with Crippen LogP contribution in [0.5, 0.6) is 0 Å². The quantitative estimate of drug-likeness (QED) is 0.804. The highest BCUT2D eigenvalue weighted by Crippen LogP contribution is 2.16. The van der Waals surface area contributed by atoms with Crippen molar-refractivity contribution in [1.29, 1.82) is 0 Å². The smallest absolute Gasteiger partial charge is 0.157 e. The van der Waals surface area contributed by atoms with E-state index in [4.69, 9.17) is 15.2 Å². The van der Waals surface area contributed by atoms with E-state index in [1.165, 1.54) is 12.8 Å². The first-order valence-electron chi connectivity index (χ1n) is 6.95. The standard InChI is InChI=1S/C13H26N2O2/c1-11-8-12(14)10-15(9-11)5-7-17-13-4-2-3-6-16-13/h11-13H,2-10,14H2,1H3. The van der Waals surface area contributed by atoms with Crippen LogP contribution in [0, 0.1) is 5.92 Å². The number of rotatable bonds is 4. The van der Waals surface area contributed by atoms with E-state index in [9.17, 15) is 0 Å². The molecule has 2 aliphatic heterocycles. The molecule has 0 saturated carbocycles. The highest BCUT2D eigenvalue weighted by molar-refractivity contribution is 4.78. The molecule has 0 radical (unpaired) electrons. The van der Waals surface area contributed by atoms with Crippen molar-refractivity contribution < 1.29 is 9.47 Å². The van der Waals surface area contributed by atoms with Crippen LogP contribution in [0.4, 0.5) is 0 Å². The number of hydrogen-bond donors (Lipinski definition) is 1. The van der Waals surface area contributed by atoms with Crippen LogP contribution in [0.1, 0.15) is 32.6 Å². The van der Waals surface area contributed by atoms with Crippen molar-refractivity contribution in [3.63, 3.8) is 0 Å². The Morgan fingerprint density at radius 2 is 2.24 bits per heavy atom. The molecule has 100 valence electrons. The maximum absolute atomic E-state index is 6.02. The highest BCUT2D eigenvalue weighted by Gasteiger charge is 2.22. The topological polar surface area (TPSA) is 47.7 Å². The van der Waals surface area contributed by atoms with E-state index in [1.807, 2.05) is 0 Å². The highest BCUT2D eigenvalue weighted by atomic mass is 16.7. The van der Waals surface area contributed by atoms with Gasteiger partial charge in [0.15, 0.2) is 6.29 Å². The van der Waals surface area contributed by atoms with E-state index in [1.54, 1.807) is 0 Å². The first-order chi connectivity index (χ1) is 8.24. The second-order valence-corrected chi connectivity index (χ2v) is 5.53. The van der Waals surface area contributed by atoms with Crippen LogP contribution in [0.3, 0.4) is 0 Å². The van der Waals surface area contributed by atoms with Gasteiger partial charge >= 0.3 is 0 Å². The van der Waals surface area contributed by atoms with E-state index in [2.05, 4.69) is 11.8 Å². The Labute approximate surface area is 104 Å². The minimum Gasteiger partial charge on any atom is -0.353 e. The summed E-state index contributed by atoms with van der Waals surface area (Å²) in [4.78, 5) is 2.42. The summed E-state index contributed by atoms with van der Waals surface area (Å²) in [6.07, 6.45) is 4.66. The lowest BCUT2D eigenvalue weighted by molar-refractivity contribution is -0.164. The van der Waals surface area contributed by atoms with Crippen LogP contribution in [-0.4, -0.2) is 50.1 Å². The van der Waals surface area contributed by atoms with Crippen molar-refractivity contribution in [2.45, 2.75) is 44.9 Å². The number of ether oxygens (including phenoxy) is 2. The molecule has 0 aromatic carbocycles. The summed E-state index contributed by atoms with van der Waals surface area (Å²) < 4.78 is 11.3. The van der Waals surface area contributed by atoms with Gasteiger partial charge in [0.2, 0.25) is 0 Å². The third-order valence-corrected chi connectivity index (χ3v) is 3.62. The molecule has 2 N–H and O–H groups in total. The molecule has 0 bridgehead atoms. The normalized spacial score (nSPS) is 36.0. The summed E-state index contributed by atoms with van der Waals surface area (Å²) in [5, 5.41) is 0. The van der Waals surface area contributed by atoms with Crippen LogP contribution < -0.4 is 5.73 Å². The lowest BCUT2D eigenvalue weighted by atomic mass is 9.97. The van der Waals surface area contributed by atoms with E-state index >= 15 is 0 Å². The Morgan fingerprint density at radius 3 is 2.94 bits per heavy atom. The van der Waals surface area contributed by atoms with Gasteiger partial charge in [-0.15, -0.1) is 0 Å². The molecule has 3 unspecified atom stereocenters. The molecular formula is C13H26N2O2. The van der Waals surface area contributed by atoms with Crippen LogP contribution in [0.25, 0.3) is 0 Å². The number of piperidine rings is 1. The van der Waals surface area contributed by atoms with Crippen LogP contribution in [0.15, 0.2) is 0 Å². The molecule has 4 heteroatoms. The molecule has 2 aliphatic rings. The van der Waals surface area contributed by atoms with Crippen molar-refractivity contribution in [3.8, 4) is 0 Å². The molecule has 0 aromatic heterocycles. The number of likely N-dealkylation sites (tertiary alicyclic amines) is 1. The molecule has 3 atom stereocenters. The molecule has 0 aromatic rings. The van der Waals surface area contributed by atoms with Crippen molar-refractivity contribution in [1.82, 2.24) is 4.90 Å². The predicted octanol–water partition coefficient (Wildman–Crippen LogP) is 1.20. The lowest BCUT2D eigenvalue weighted by Gasteiger charge is -2.35. The van der Waals surface area contributed by atoms with E-state index in [0.717, 1.165) is 45.7 Å². The van der Waals surface area contributed by atoms with Gasteiger partial charge in [-0.3, -0.25) is 4.90 Å². The maximum atomic E-state index is 6.02. The summed E-state index contributed by atoms with van der Waals surface area (Å²) in [6.45, 7) is 7.05. The van der Waals surface area contributed by atoms with Gasteiger partial charge in [-0.05, 0) is 31.6 Å². The number of hydrogen-bond acceptors (Lipinski definition) is 4. The SMILES string of the molecule is CC1CC(N)CN(CCOC2CCCCO2)C1. The maximum Gasteiger partial charge on any atom is 0.157 e. The minimum atomic E-state index is 0.0413. The molecule has 0 spiro atoms. The molecule has 0 amide bonds. The van der Waals surface area contributed by atoms with Gasteiger partial charge in [-0.25, -0.2) is 0 Å². The van der Waals surface area contributed by atoms with Crippen LogP contribution in [0.2, 0.25) is 0 Å². The van der Waals surface area contributed by atoms with Crippen molar-refractivity contribution >= 4 is 0 Å². The van der Waals surface area contributed by atoms with E-state index in [-0.39, 0.29) is 6.29 Å². The summed E-state index contributed by atoms with van der Waals surface area (Å²) in [6, 6.07) is 0.338. The monoisotopic (exact) mass is 242 g/mol. The Bertz CT molecular complexity index is 209. The first-order valence-corrected chi connectivity index (χ1v) is 6.95. The van der Waals surface area contributed by atoms with E-state index < -0.39 is 0 Å². The molecule has 2 heterocycles. The third-order valence-electron chi connectivity index (χ3n) is 3.62. The Morgan fingerprint density at radius 1 is 1.35 bits per heavy atom. The average molecular weight is 242 g/mol. The third kappa shape index (κ3) is 4.54. The van der Waals surface area contributed by atoms with Crippen molar-refractivity contribution in [2.75, 3.05) is 32.8 Å². The van der Waals surface area contributed by atoms with Gasteiger partial charge < -0.3 is 15.2 Å². The zero-order chi connectivity index (χ0) is 12.1. The summed E-state index contributed by atoms with van der Waals surface area (Å²) in [5.74, 6) is 0.713. The fourth-order valence-corrected chi connectivity index (χ4v) is 2.85. The average Bonchev–Trinajstić information content (AvgIpc) is 2.29. The Kier molecular flexibility index (Phi) is 5.22. The fourth-order valence-electron chi connectivity index (χ4n) is 2.85. The van der Waals surface area contributed by atoms with Gasteiger partial charge in [0.25, 0.3) is 0 Å². The summed E-state index contributed by atoms with van der Waals surface area (Å²) >= 11 is 0. The largest absolute Gasteiger partial charge is 0.353 e. The van der Waals surface area contributed by atoms with Crippen LogP contribution in [-0.2, 0) is 9.47 Å². The van der Waals surface area contributed by atoms with Crippen molar-refractivity contribution in [3.05, 3.63) is 0 Å². The van der Waals surface area contributed by atoms with Gasteiger partial charge in [0.05, 0.1) is 6.61 Å². The molecule has 2 rings (SSSR count). The van der Waals surface area contributed by atoms with Gasteiger partial charge in [0, 0.05) is 32.3 Å². The second-order valence-electron chi connectivity index (χ2n) is 5.53. The molecular weight excluding hydrogens is 216 g/mol. The van der Waals surface area contributed by atoms with E-state index in [0.29, 0.717) is 12.0 Å². The number of nitrogens with zero attached hydrogens (tertiary/aromatic N) is 1. The zero-order valence-corrected chi connectivity index (χ0v) is 10.9. The summed E-state index contributed by atoms with van der Waals surface area (Å²) in [5.41, 5.74) is 6.02. The Balaban J connectivity index is 1.60. The van der Waals surface area contributed by atoms with Gasteiger partial charge in [-0.1, -0.05) is 6.92 Å². The van der Waals surface area contributed by atoms with Gasteiger partial charge in [-0.2, -0.15) is 0 Å². The number of nitrogens with two attached hydrogens (primary N) is 1. The van der Waals surface area contributed by atoms with Crippen molar-refractivity contribution in [2.24, 2.45) is 11.7 Å². The fraction of sp³-hybridized carbons (Fsp3) is 1.00. The molecule has 4 nitrogen and oxygen atoms in total. The second kappa shape index (κ2) is 6.69. The minimum absolute atomic E-state index is 0.0413. The first kappa shape index (κ1) is 13.3. The molecule has 0 aliphatic carbocycles. The molecule has 17 heavy (non-hydrogen) atoms. The Hall–Kier alpha value is -0.160. The molecule has 2 fully saturated rings. The molecule has 2 saturated heterocycles.